The zero-order chi connectivity index (χ0) is 13.9. The molecule has 0 fully saturated rings. The second kappa shape index (κ2) is 5.74. The zero-order valence-corrected chi connectivity index (χ0v) is 9.65. The van der Waals surface area contributed by atoms with Crippen LogP contribution in [-0.2, 0) is 4.79 Å². The van der Waals surface area contributed by atoms with Gasteiger partial charge in [0, 0.05) is 24.7 Å². The number of nitrogen functional groups attached to an aromatic ring is 1. The minimum Gasteiger partial charge on any atom is -0.398 e. The van der Waals surface area contributed by atoms with Gasteiger partial charge in [-0.25, -0.2) is 8.78 Å². The smallest absolute Gasteiger partial charge is 0.216 e. The fraction of sp³-hybridized carbons (Fsp3) is 0.364. The largest absolute Gasteiger partial charge is 0.398 e. The van der Waals surface area contributed by atoms with Crippen molar-refractivity contribution < 1.29 is 23.8 Å². The third-order valence-electron chi connectivity index (χ3n) is 2.39. The van der Waals surface area contributed by atoms with Gasteiger partial charge in [0.2, 0.25) is 5.91 Å². The molecule has 7 heteroatoms. The van der Waals surface area contributed by atoms with Crippen LogP contribution in [-0.4, -0.2) is 28.8 Å². The molecule has 18 heavy (non-hydrogen) atoms. The molecule has 0 bridgehead atoms. The molecule has 0 aliphatic heterocycles. The molecule has 1 rings (SSSR count). The number of hydrogen-bond donors (Lipinski definition) is 4. The summed E-state index contributed by atoms with van der Waals surface area (Å²) in [5.41, 5.74) is 4.72. The van der Waals surface area contributed by atoms with Gasteiger partial charge < -0.3 is 21.3 Å². The predicted octanol–water partition coefficient (Wildman–Crippen LogP) is 0.0774. The summed E-state index contributed by atoms with van der Waals surface area (Å²) >= 11 is 0. The quantitative estimate of drug-likeness (QED) is 0.576. The molecule has 0 saturated carbocycles. The molecule has 0 aliphatic carbocycles. The van der Waals surface area contributed by atoms with E-state index in [0.717, 1.165) is 12.1 Å². The highest BCUT2D eigenvalue weighted by Gasteiger charge is 2.25. The van der Waals surface area contributed by atoms with Gasteiger partial charge in [-0.05, 0) is 12.1 Å². The second-order valence-electron chi connectivity index (χ2n) is 3.81. The van der Waals surface area contributed by atoms with E-state index in [9.17, 15) is 23.8 Å². The number of anilines is 1. The number of halogens is 2. The van der Waals surface area contributed by atoms with E-state index in [1.165, 1.54) is 6.92 Å². The number of hydrogen-bond acceptors (Lipinski definition) is 4. The number of carbonyl (C=O) groups excluding carboxylic acids is 1. The van der Waals surface area contributed by atoms with E-state index in [2.05, 4.69) is 5.32 Å². The lowest BCUT2D eigenvalue weighted by atomic mass is 10.0. The monoisotopic (exact) mass is 260 g/mol. The number of amides is 1. The fourth-order valence-corrected chi connectivity index (χ4v) is 1.43. The van der Waals surface area contributed by atoms with Crippen molar-refractivity contribution in [2.45, 2.75) is 19.1 Å². The number of benzene rings is 1. The molecule has 1 aromatic carbocycles. The summed E-state index contributed by atoms with van der Waals surface area (Å²) in [7, 11) is 0. The average molecular weight is 260 g/mol. The SMILES string of the molecule is CC(=O)NCC(O)C(O)c1c(N)ccc(F)c1F. The third-order valence-corrected chi connectivity index (χ3v) is 2.39. The molecule has 2 unspecified atom stereocenters. The van der Waals surface area contributed by atoms with Gasteiger partial charge in [0.25, 0.3) is 0 Å². The number of aliphatic hydroxyl groups excluding tert-OH is 2. The molecule has 5 N–H and O–H groups in total. The molecule has 0 saturated heterocycles. The lowest BCUT2D eigenvalue weighted by Crippen LogP contribution is -2.34. The van der Waals surface area contributed by atoms with Gasteiger partial charge in [0.05, 0.1) is 0 Å². The van der Waals surface area contributed by atoms with E-state index in [0.29, 0.717) is 0 Å². The van der Waals surface area contributed by atoms with Crippen LogP contribution >= 0.6 is 0 Å². The molecule has 1 aromatic rings. The normalized spacial score (nSPS) is 14.1. The first-order valence-corrected chi connectivity index (χ1v) is 5.18. The Morgan fingerprint density at radius 2 is 2.06 bits per heavy atom. The van der Waals surface area contributed by atoms with Gasteiger partial charge in [-0.15, -0.1) is 0 Å². The van der Waals surface area contributed by atoms with E-state index in [1.54, 1.807) is 0 Å². The summed E-state index contributed by atoms with van der Waals surface area (Å²) < 4.78 is 26.5. The number of nitrogens with one attached hydrogen (secondary N) is 1. The highest BCUT2D eigenvalue weighted by Crippen LogP contribution is 2.27. The van der Waals surface area contributed by atoms with Crippen molar-refractivity contribution in [1.29, 1.82) is 0 Å². The van der Waals surface area contributed by atoms with Crippen LogP contribution in [0.2, 0.25) is 0 Å². The van der Waals surface area contributed by atoms with E-state index in [-0.39, 0.29) is 12.2 Å². The molecular weight excluding hydrogens is 246 g/mol. The highest BCUT2D eigenvalue weighted by molar-refractivity contribution is 5.72. The van der Waals surface area contributed by atoms with E-state index in [4.69, 9.17) is 5.73 Å². The molecule has 5 nitrogen and oxygen atoms in total. The molecule has 0 heterocycles. The van der Waals surface area contributed by atoms with E-state index >= 15 is 0 Å². The van der Waals surface area contributed by atoms with Crippen molar-refractivity contribution in [3.63, 3.8) is 0 Å². The summed E-state index contributed by atoms with van der Waals surface area (Å²) in [5.74, 6) is -2.91. The van der Waals surface area contributed by atoms with Gasteiger partial charge in [-0.2, -0.15) is 0 Å². The average Bonchev–Trinajstić information content (AvgIpc) is 2.31. The first kappa shape index (κ1) is 14.3. The van der Waals surface area contributed by atoms with Gasteiger partial charge in [-0.1, -0.05) is 0 Å². The van der Waals surface area contributed by atoms with E-state index in [1.807, 2.05) is 0 Å². The number of nitrogens with two attached hydrogens (primary N) is 1. The first-order chi connectivity index (χ1) is 8.34. The number of rotatable bonds is 4. The van der Waals surface area contributed by atoms with Crippen molar-refractivity contribution in [3.8, 4) is 0 Å². The molecule has 100 valence electrons. The summed E-state index contributed by atoms with van der Waals surface area (Å²) in [6, 6.07) is 1.91. The maximum atomic E-state index is 13.5. The Hall–Kier alpha value is -1.73. The molecule has 0 aromatic heterocycles. The number of carbonyl (C=O) groups is 1. The van der Waals surface area contributed by atoms with Crippen LogP contribution in [0.3, 0.4) is 0 Å². The minimum atomic E-state index is -1.73. The predicted molar refractivity (Wildman–Crippen MR) is 60.4 cm³/mol. The fourth-order valence-electron chi connectivity index (χ4n) is 1.43. The first-order valence-electron chi connectivity index (χ1n) is 5.18. The third kappa shape index (κ3) is 3.14. The molecule has 0 spiro atoms. The summed E-state index contributed by atoms with van der Waals surface area (Å²) in [6.07, 6.45) is -3.22. The maximum absolute atomic E-state index is 13.5. The standard InChI is InChI=1S/C11H14F2N2O3/c1-5(16)15-4-8(17)11(18)9-7(14)3-2-6(12)10(9)13/h2-3,8,11,17-18H,4,14H2,1H3,(H,15,16). The van der Waals surface area contributed by atoms with Crippen LogP contribution < -0.4 is 11.1 Å². The van der Waals surface area contributed by atoms with Crippen molar-refractivity contribution in [1.82, 2.24) is 5.32 Å². The molecule has 0 radical (unpaired) electrons. The van der Waals surface area contributed by atoms with Crippen LogP contribution in [0.5, 0.6) is 0 Å². The summed E-state index contributed by atoms with van der Waals surface area (Å²) in [4.78, 5) is 10.6. The molecule has 0 aliphatic rings. The van der Waals surface area contributed by atoms with Crippen LogP contribution in [0.15, 0.2) is 12.1 Å². The van der Waals surface area contributed by atoms with Crippen LogP contribution in [0, 0.1) is 11.6 Å². The van der Waals surface area contributed by atoms with Crippen molar-refractivity contribution in [3.05, 3.63) is 29.3 Å². The Bertz CT molecular complexity index is 454. The van der Waals surface area contributed by atoms with Crippen LogP contribution in [0.25, 0.3) is 0 Å². The van der Waals surface area contributed by atoms with Crippen LogP contribution in [0.1, 0.15) is 18.6 Å². The maximum Gasteiger partial charge on any atom is 0.216 e. The lowest BCUT2D eigenvalue weighted by molar-refractivity contribution is -0.119. The highest BCUT2D eigenvalue weighted by atomic mass is 19.2. The Kier molecular flexibility index (Phi) is 4.57. The van der Waals surface area contributed by atoms with Gasteiger partial charge in [0.15, 0.2) is 11.6 Å². The Balaban J connectivity index is 2.92. The van der Waals surface area contributed by atoms with Gasteiger partial charge >= 0.3 is 0 Å². The zero-order valence-electron chi connectivity index (χ0n) is 9.65. The summed E-state index contributed by atoms with van der Waals surface area (Å²) in [6.45, 7) is 0.919. The van der Waals surface area contributed by atoms with E-state index < -0.39 is 35.3 Å². The Morgan fingerprint density at radius 3 is 2.61 bits per heavy atom. The second-order valence-corrected chi connectivity index (χ2v) is 3.81. The minimum absolute atomic E-state index is 0.178. The Morgan fingerprint density at radius 1 is 1.44 bits per heavy atom. The molecule has 1 amide bonds. The Labute approximate surface area is 102 Å². The lowest BCUT2D eigenvalue weighted by Gasteiger charge is -2.20. The van der Waals surface area contributed by atoms with Gasteiger partial charge in [-0.3, -0.25) is 4.79 Å². The molecular formula is C11H14F2N2O3. The topological polar surface area (TPSA) is 95.6 Å². The van der Waals surface area contributed by atoms with Crippen LogP contribution in [0.4, 0.5) is 14.5 Å². The summed E-state index contributed by atoms with van der Waals surface area (Å²) in [5, 5.41) is 21.5. The van der Waals surface area contributed by atoms with Crippen molar-refractivity contribution in [2.75, 3.05) is 12.3 Å². The van der Waals surface area contributed by atoms with Crippen molar-refractivity contribution >= 4 is 11.6 Å². The number of aliphatic hydroxyl groups is 2. The van der Waals surface area contributed by atoms with Gasteiger partial charge in [0.1, 0.15) is 12.2 Å². The molecule has 2 atom stereocenters. The van der Waals surface area contributed by atoms with Crippen molar-refractivity contribution in [2.24, 2.45) is 0 Å².